The third-order valence-electron chi connectivity index (χ3n) is 2.87. The maximum Gasteiger partial charge on any atom is 0.162 e. The fraction of sp³-hybridized carbons (Fsp3) is 0.250. The molecule has 2 aromatic heterocycles. The van der Waals surface area contributed by atoms with E-state index in [0.29, 0.717) is 17.0 Å². The van der Waals surface area contributed by atoms with Gasteiger partial charge in [-0.05, 0) is 25.0 Å². The van der Waals surface area contributed by atoms with Crippen LogP contribution in [0, 0.1) is 22.7 Å². The van der Waals surface area contributed by atoms with E-state index in [1.165, 1.54) is 10.7 Å². The molecule has 6 nitrogen and oxygen atoms in total. The van der Waals surface area contributed by atoms with Crippen molar-refractivity contribution in [1.82, 2.24) is 14.6 Å². The summed E-state index contributed by atoms with van der Waals surface area (Å²) in [5.74, 6) is 0. The minimum absolute atomic E-state index is 0.377. The normalized spacial score (nSPS) is 16.6. The maximum atomic E-state index is 8.91. The average molecular weight is 236 g/mol. The van der Waals surface area contributed by atoms with Gasteiger partial charge in [0, 0.05) is 0 Å². The largest absolute Gasteiger partial charge is 0.269 e. The van der Waals surface area contributed by atoms with Gasteiger partial charge in [-0.2, -0.15) is 15.6 Å². The van der Waals surface area contributed by atoms with Gasteiger partial charge < -0.3 is 0 Å². The molecule has 0 bridgehead atoms. The van der Waals surface area contributed by atoms with Crippen molar-refractivity contribution in [3.63, 3.8) is 0 Å². The molecule has 0 amide bonds. The molecule has 0 saturated heterocycles. The molecule has 1 fully saturated rings. The van der Waals surface area contributed by atoms with E-state index in [1.807, 2.05) is 6.07 Å². The van der Waals surface area contributed by atoms with Crippen molar-refractivity contribution in [3.05, 3.63) is 29.7 Å². The van der Waals surface area contributed by atoms with Crippen LogP contribution in [-0.2, 0) is 0 Å². The zero-order valence-corrected chi connectivity index (χ0v) is 9.41. The predicted octanol–water partition coefficient (Wildman–Crippen LogP) is 1.08. The van der Waals surface area contributed by atoms with Crippen LogP contribution in [0.4, 0.5) is 0 Å². The monoisotopic (exact) mass is 236 g/mol. The van der Waals surface area contributed by atoms with E-state index in [0.717, 1.165) is 12.8 Å². The van der Waals surface area contributed by atoms with Crippen molar-refractivity contribution < 1.29 is 0 Å². The number of nitriles is 2. The van der Waals surface area contributed by atoms with Gasteiger partial charge in [0.2, 0.25) is 0 Å². The molecule has 2 aromatic rings. The second-order valence-corrected chi connectivity index (χ2v) is 4.19. The molecule has 0 unspecified atom stereocenters. The molecule has 0 radical (unpaired) electrons. The van der Waals surface area contributed by atoms with Crippen molar-refractivity contribution in [1.29, 1.82) is 10.5 Å². The number of aromatic nitrogens is 3. The summed E-state index contributed by atoms with van der Waals surface area (Å²) in [7, 11) is 0. The number of rotatable bonds is 2. The van der Waals surface area contributed by atoms with Gasteiger partial charge in [0.25, 0.3) is 0 Å². The molecular formula is C12H8N6. The highest BCUT2D eigenvalue weighted by molar-refractivity contribution is 5.78. The molecule has 18 heavy (non-hydrogen) atoms. The van der Waals surface area contributed by atoms with E-state index in [-0.39, 0.29) is 0 Å². The number of hydrogen-bond donors (Lipinski definition) is 0. The van der Waals surface area contributed by atoms with Gasteiger partial charge >= 0.3 is 0 Å². The highest BCUT2D eigenvalue weighted by atomic mass is 15.3. The van der Waals surface area contributed by atoms with Crippen LogP contribution >= 0.6 is 0 Å². The molecule has 0 aliphatic heterocycles. The summed E-state index contributed by atoms with van der Waals surface area (Å²) in [6.07, 6.45) is 4.66. The Balaban J connectivity index is 1.99. The summed E-state index contributed by atoms with van der Waals surface area (Å²) in [6.45, 7) is 0. The molecule has 1 saturated carbocycles. The van der Waals surface area contributed by atoms with Crippen molar-refractivity contribution in [2.75, 3.05) is 0 Å². The van der Waals surface area contributed by atoms with Gasteiger partial charge in [0.1, 0.15) is 17.3 Å². The maximum absolute atomic E-state index is 8.91. The summed E-state index contributed by atoms with van der Waals surface area (Å²) in [5.41, 5.74) is 1.06. The Kier molecular flexibility index (Phi) is 2.11. The van der Waals surface area contributed by atoms with Gasteiger partial charge in [0.05, 0.1) is 18.5 Å². The van der Waals surface area contributed by atoms with E-state index in [9.17, 15) is 0 Å². The molecule has 2 heterocycles. The lowest BCUT2D eigenvalue weighted by Gasteiger charge is -1.98. The Hall–Kier alpha value is -2.73. The Morgan fingerprint density at radius 2 is 2.22 bits per heavy atom. The van der Waals surface area contributed by atoms with Gasteiger partial charge in [-0.1, -0.05) is 0 Å². The van der Waals surface area contributed by atoms with Crippen LogP contribution in [0.2, 0.25) is 0 Å². The lowest BCUT2D eigenvalue weighted by molar-refractivity contribution is 0.871. The highest BCUT2D eigenvalue weighted by Crippen LogP contribution is 2.38. The quantitative estimate of drug-likeness (QED) is 0.729. The fourth-order valence-corrected chi connectivity index (χ4v) is 1.61. The van der Waals surface area contributed by atoms with Gasteiger partial charge in [-0.15, -0.1) is 0 Å². The van der Waals surface area contributed by atoms with E-state index in [1.54, 1.807) is 18.3 Å². The van der Waals surface area contributed by atoms with E-state index in [2.05, 4.69) is 21.1 Å². The van der Waals surface area contributed by atoms with Crippen LogP contribution in [0.15, 0.2) is 23.3 Å². The lowest BCUT2D eigenvalue weighted by atomic mass is 10.3. The first kappa shape index (κ1) is 10.4. The Morgan fingerprint density at radius 1 is 1.39 bits per heavy atom. The highest BCUT2D eigenvalue weighted by Gasteiger charge is 2.42. The number of fused-ring (bicyclic) bond motifs is 1. The molecule has 0 N–H and O–H groups in total. The molecule has 0 atom stereocenters. The zero-order chi connectivity index (χ0) is 12.6. The van der Waals surface area contributed by atoms with Crippen molar-refractivity contribution >= 4 is 11.9 Å². The molecular weight excluding hydrogens is 228 g/mol. The third kappa shape index (κ3) is 1.61. The number of nitrogens with zero attached hydrogens (tertiary/aromatic N) is 6. The summed E-state index contributed by atoms with van der Waals surface area (Å²) in [4.78, 5) is 8.29. The van der Waals surface area contributed by atoms with Crippen LogP contribution in [0.3, 0.4) is 0 Å². The van der Waals surface area contributed by atoms with E-state index in [4.69, 9.17) is 10.5 Å². The van der Waals surface area contributed by atoms with Crippen molar-refractivity contribution in [2.45, 2.75) is 18.4 Å². The zero-order valence-electron chi connectivity index (χ0n) is 9.41. The van der Waals surface area contributed by atoms with E-state index >= 15 is 0 Å². The molecule has 0 aromatic carbocycles. The predicted molar refractivity (Wildman–Crippen MR) is 62.9 cm³/mol. The van der Waals surface area contributed by atoms with Crippen molar-refractivity contribution in [2.24, 2.45) is 4.99 Å². The van der Waals surface area contributed by atoms with Gasteiger partial charge in [-0.25, -0.2) is 9.50 Å². The Bertz CT molecular complexity index is 723. The summed E-state index contributed by atoms with van der Waals surface area (Å²) >= 11 is 0. The summed E-state index contributed by atoms with van der Waals surface area (Å²) in [5, 5.41) is 22.1. The lowest BCUT2D eigenvalue weighted by Crippen LogP contribution is -2.03. The minimum Gasteiger partial charge on any atom is -0.269 e. The van der Waals surface area contributed by atoms with Gasteiger partial charge in [-0.3, -0.25) is 4.99 Å². The molecule has 6 heteroatoms. The summed E-state index contributed by atoms with van der Waals surface area (Å²) in [6, 6.07) is 7.72. The SMILES string of the molecule is N#Cc1cnc2ccc(/C=N/C3(C#N)CC3)nn12. The second kappa shape index (κ2) is 3.64. The number of imidazole rings is 1. The van der Waals surface area contributed by atoms with Crippen LogP contribution in [-0.4, -0.2) is 26.4 Å². The summed E-state index contributed by atoms with van der Waals surface area (Å²) < 4.78 is 1.47. The molecule has 1 aliphatic rings. The topological polar surface area (TPSA) is 90.1 Å². The first-order chi connectivity index (χ1) is 8.76. The van der Waals surface area contributed by atoms with Crippen LogP contribution < -0.4 is 0 Å². The standard InChI is InChI=1S/C12H8N6/c13-5-10-7-15-11-2-1-9(17-18(10)11)6-16-12(8-14)3-4-12/h1-2,6-7H,3-4H2/b16-6+. The molecule has 1 aliphatic carbocycles. The van der Waals surface area contributed by atoms with Crippen LogP contribution in [0.25, 0.3) is 5.65 Å². The Labute approximate surface area is 103 Å². The van der Waals surface area contributed by atoms with Crippen molar-refractivity contribution in [3.8, 4) is 12.1 Å². The van der Waals surface area contributed by atoms with Gasteiger partial charge in [0.15, 0.2) is 11.3 Å². The number of hydrogen-bond acceptors (Lipinski definition) is 5. The minimum atomic E-state index is -0.538. The third-order valence-corrected chi connectivity index (χ3v) is 2.87. The average Bonchev–Trinajstić information content (AvgIpc) is 3.09. The fourth-order valence-electron chi connectivity index (χ4n) is 1.61. The second-order valence-electron chi connectivity index (χ2n) is 4.19. The van der Waals surface area contributed by atoms with E-state index < -0.39 is 5.54 Å². The number of aliphatic imine (C=N–C) groups is 1. The molecule has 86 valence electrons. The van der Waals surface area contributed by atoms with Crippen LogP contribution in [0.1, 0.15) is 24.2 Å². The smallest absolute Gasteiger partial charge is 0.162 e. The molecule has 3 rings (SSSR count). The first-order valence-electron chi connectivity index (χ1n) is 5.48. The molecule has 0 spiro atoms. The first-order valence-corrected chi connectivity index (χ1v) is 5.48. The Morgan fingerprint density at radius 3 is 2.89 bits per heavy atom. The van der Waals surface area contributed by atoms with Crippen LogP contribution in [0.5, 0.6) is 0 Å².